The first-order chi connectivity index (χ1) is 16.6. The van der Waals surface area contributed by atoms with Gasteiger partial charge in [0.15, 0.2) is 0 Å². The van der Waals surface area contributed by atoms with E-state index in [1.807, 2.05) is 24.3 Å². The van der Waals surface area contributed by atoms with E-state index in [1.54, 1.807) is 79.2 Å². The van der Waals surface area contributed by atoms with Crippen molar-refractivity contribution in [3.8, 4) is 5.88 Å². The van der Waals surface area contributed by atoms with Gasteiger partial charge in [0.05, 0.1) is 6.20 Å². The molecule has 0 saturated heterocycles. The fourth-order valence-corrected chi connectivity index (χ4v) is 2.23. The predicted molar refractivity (Wildman–Crippen MR) is 147 cm³/mol. The van der Waals surface area contributed by atoms with Crippen LogP contribution in [-0.2, 0) is 0 Å². The third-order valence-corrected chi connectivity index (χ3v) is 3.72. The maximum absolute atomic E-state index is 6.02. The summed E-state index contributed by atoms with van der Waals surface area (Å²) in [5, 5.41) is 3.10. The first kappa shape index (κ1) is 27.3. The lowest BCUT2D eigenvalue weighted by Gasteiger charge is -2.11. The number of anilines is 1. The number of ether oxygens (including phenoxy) is 1. The minimum atomic E-state index is 0.242. The van der Waals surface area contributed by atoms with Gasteiger partial charge < -0.3 is 10.1 Å². The maximum atomic E-state index is 6.02. The second kappa shape index (κ2) is 16.9. The molecule has 1 aromatic heterocycles. The number of hydrogen-bond acceptors (Lipinski definition) is 5. The Morgan fingerprint density at radius 2 is 1.53 bits per heavy atom. The van der Waals surface area contributed by atoms with Crippen LogP contribution < -0.4 is 10.1 Å². The van der Waals surface area contributed by atoms with Crippen LogP contribution in [-0.4, -0.2) is 16.2 Å². The van der Waals surface area contributed by atoms with Gasteiger partial charge in [0.25, 0.3) is 0 Å². The summed E-state index contributed by atoms with van der Waals surface area (Å²) in [6.07, 6.45) is 29.2. The largest absolute Gasteiger partial charge is 0.437 e. The first-order valence-electron chi connectivity index (χ1n) is 10.3. The van der Waals surface area contributed by atoms with Gasteiger partial charge in [-0.3, -0.25) is 0 Å². The van der Waals surface area contributed by atoms with E-state index in [1.165, 1.54) is 0 Å². The van der Waals surface area contributed by atoms with E-state index in [0.717, 1.165) is 5.57 Å². The topological polar surface area (TPSA) is 59.4 Å². The lowest BCUT2D eigenvalue weighted by molar-refractivity contribution is 0.428. The number of nitrogens with one attached hydrogen (secondary N) is 1. The monoisotopic (exact) mass is 450 g/mol. The minimum absolute atomic E-state index is 0.242. The molecule has 5 heteroatoms. The summed E-state index contributed by atoms with van der Waals surface area (Å²) >= 11 is 0. The van der Waals surface area contributed by atoms with Crippen LogP contribution in [0.25, 0.3) is 0 Å². The summed E-state index contributed by atoms with van der Waals surface area (Å²) in [4.78, 5) is 13.4. The van der Waals surface area contributed by atoms with Crippen LogP contribution in [0.3, 0.4) is 0 Å². The fraction of sp³-hybridized carbons (Fsp3) is 0. The van der Waals surface area contributed by atoms with Crippen molar-refractivity contribution in [1.82, 2.24) is 9.97 Å². The van der Waals surface area contributed by atoms with Crippen molar-refractivity contribution in [2.75, 3.05) is 5.32 Å². The Morgan fingerprint density at radius 3 is 2.18 bits per heavy atom. The van der Waals surface area contributed by atoms with Crippen LogP contribution in [0, 0.1) is 0 Å². The third kappa shape index (κ3) is 10.5. The molecular weight excluding hydrogens is 420 g/mol. The summed E-state index contributed by atoms with van der Waals surface area (Å²) in [5.41, 5.74) is 1.92. The number of nitrogens with zero attached hydrogens (tertiary/aromatic N) is 3. The Hall–Kier alpha value is -4.77. The molecule has 0 saturated carbocycles. The maximum Gasteiger partial charge on any atom is 0.250 e. The van der Waals surface area contributed by atoms with Crippen LogP contribution in [0.1, 0.15) is 0 Å². The van der Waals surface area contributed by atoms with Crippen molar-refractivity contribution in [3.05, 3.63) is 154 Å². The van der Waals surface area contributed by atoms with Crippen molar-refractivity contribution < 1.29 is 4.74 Å². The average Bonchev–Trinajstić information content (AvgIpc) is 2.84. The molecule has 0 aliphatic carbocycles. The Labute approximate surface area is 202 Å². The summed E-state index contributed by atoms with van der Waals surface area (Å²) in [5.74, 6) is 1.05. The predicted octanol–water partition coefficient (Wildman–Crippen LogP) is 7.45. The number of aliphatic imine (C=N–C) groups is 1. The SMILES string of the molecule is C=C/C=C\C=C(/C=C)Nc1ncc(/N=C/C(/C=C\C=C)=C/C=C)c(OC(/C=C\C=C)=C/C=C)n1. The fourth-order valence-electron chi connectivity index (χ4n) is 2.23. The highest BCUT2D eigenvalue weighted by molar-refractivity contribution is 5.85. The second-order valence-corrected chi connectivity index (χ2v) is 6.21. The molecule has 0 aromatic carbocycles. The molecule has 0 atom stereocenters. The minimum Gasteiger partial charge on any atom is -0.437 e. The van der Waals surface area contributed by atoms with Gasteiger partial charge in [-0.1, -0.05) is 106 Å². The number of aromatic nitrogens is 2. The molecule has 0 fully saturated rings. The van der Waals surface area contributed by atoms with Crippen molar-refractivity contribution in [2.24, 2.45) is 4.99 Å². The quantitative estimate of drug-likeness (QED) is 0.171. The molecule has 0 amide bonds. The molecule has 1 aromatic rings. The number of allylic oxidation sites excluding steroid dienone is 16. The molecule has 1 heterocycles. The standard InChI is InChI=1S/C29H30N4O/c1-7-13-16-20-25(12-6)32-29-31-23-27(30-22-24(17-10-4)19-14-8-2)28(33-29)34-26(18-11-5)21-15-9-3/h7-23H,1-6H2,(H,31,32,33)/b16-13-,19-14-,21-15-,24-17+,25-20+,26-18+,30-22+. The van der Waals surface area contributed by atoms with Crippen LogP contribution >= 0.6 is 0 Å². The summed E-state index contributed by atoms with van der Waals surface area (Å²) in [6, 6.07) is 0. The first-order valence-corrected chi connectivity index (χ1v) is 10.3. The van der Waals surface area contributed by atoms with Crippen LogP contribution in [0.4, 0.5) is 11.6 Å². The molecule has 0 aliphatic rings. The molecule has 1 N–H and O–H groups in total. The average molecular weight is 451 g/mol. The molecule has 0 bridgehead atoms. The highest BCUT2D eigenvalue weighted by atomic mass is 16.5. The lowest BCUT2D eigenvalue weighted by atomic mass is 10.2. The van der Waals surface area contributed by atoms with Crippen LogP contribution in [0.5, 0.6) is 5.88 Å². The van der Waals surface area contributed by atoms with Gasteiger partial charge in [0.1, 0.15) is 11.4 Å². The molecule has 34 heavy (non-hydrogen) atoms. The highest BCUT2D eigenvalue weighted by Gasteiger charge is 2.10. The third-order valence-electron chi connectivity index (χ3n) is 3.72. The molecule has 5 nitrogen and oxygen atoms in total. The zero-order valence-electron chi connectivity index (χ0n) is 19.3. The van der Waals surface area contributed by atoms with E-state index >= 15 is 0 Å². The van der Waals surface area contributed by atoms with Gasteiger partial charge in [-0.2, -0.15) is 4.98 Å². The zero-order chi connectivity index (χ0) is 25.0. The van der Waals surface area contributed by atoms with E-state index in [-0.39, 0.29) is 5.88 Å². The summed E-state index contributed by atoms with van der Waals surface area (Å²) < 4.78 is 6.02. The van der Waals surface area contributed by atoms with E-state index < -0.39 is 0 Å². The zero-order valence-corrected chi connectivity index (χ0v) is 19.3. The van der Waals surface area contributed by atoms with Crippen LogP contribution in [0.2, 0.25) is 0 Å². The van der Waals surface area contributed by atoms with Crippen molar-refractivity contribution in [1.29, 1.82) is 0 Å². The van der Waals surface area contributed by atoms with Gasteiger partial charge in [-0.05, 0) is 29.9 Å². The Kier molecular flexibility index (Phi) is 13.5. The Balaban J connectivity index is 3.47. The smallest absolute Gasteiger partial charge is 0.250 e. The summed E-state index contributed by atoms with van der Waals surface area (Å²) in [7, 11) is 0. The molecular formula is C29H30N4O. The van der Waals surface area contributed by atoms with Crippen molar-refractivity contribution in [2.45, 2.75) is 0 Å². The highest BCUT2D eigenvalue weighted by Crippen LogP contribution is 2.28. The van der Waals surface area contributed by atoms with Gasteiger partial charge in [0, 0.05) is 11.9 Å². The molecule has 0 unspecified atom stereocenters. The van der Waals surface area contributed by atoms with Gasteiger partial charge in [0.2, 0.25) is 11.8 Å². The van der Waals surface area contributed by atoms with E-state index in [2.05, 4.69) is 59.8 Å². The Bertz CT molecular complexity index is 1110. The van der Waals surface area contributed by atoms with Crippen molar-refractivity contribution in [3.63, 3.8) is 0 Å². The van der Waals surface area contributed by atoms with Gasteiger partial charge >= 0.3 is 0 Å². The molecule has 0 spiro atoms. The van der Waals surface area contributed by atoms with E-state index in [9.17, 15) is 0 Å². The molecule has 0 aliphatic heterocycles. The van der Waals surface area contributed by atoms with Gasteiger partial charge in [-0.25, -0.2) is 9.98 Å². The second-order valence-electron chi connectivity index (χ2n) is 6.21. The molecule has 1 rings (SSSR count). The Morgan fingerprint density at radius 1 is 0.824 bits per heavy atom. The number of rotatable bonds is 15. The normalized spacial score (nSPS) is 12.9. The molecule has 172 valence electrons. The van der Waals surface area contributed by atoms with E-state index in [4.69, 9.17) is 4.74 Å². The van der Waals surface area contributed by atoms with Crippen molar-refractivity contribution >= 4 is 17.9 Å². The summed E-state index contributed by atoms with van der Waals surface area (Å²) in [6.45, 7) is 22.3. The molecule has 0 radical (unpaired) electrons. The van der Waals surface area contributed by atoms with Crippen LogP contribution in [0.15, 0.2) is 159 Å². The van der Waals surface area contributed by atoms with Gasteiger partial charge in [-0.15, -0.1) is 0 Å². The van der Waals surface area contributed by atoms with E-state index in [0.29, 0.717) is 23.1 Å². The lowest BCUT2D eigenvalue weighted by Crippen LogP contribution is -2.04. The number of hydrogen-bond donors (Lipinski definition) is 1.